The lowest BCUT2D eigenvalue weighted by Gasteiger charge is -2.15. The molecule has 0 spiro atoms. The SMILES string of the molecule is CCCNc1cc(NC(C)c2ccncc2)nc(N)n1. The zero-order valence-electron chi connectivity index (χ0n) is 11.8. The van der Waals surface area contributed by atoms with Crippen LogP contribution in [-0.2, 0) is 0 Å². The van der Waals surface area contributed by atoms with E-state index in [1.165, 1.54) is 0 Å². The number of nitrogens with two attached hydrogens (primary N) is 1. The number of nitrogens with zero attached hydrogens (tertiary/aromatic N) is 3. The number of anilines is 3. The van der Waals surface area contributed by atoms with Crippen LogP contribution in [0.25, 0.3) is 0 Å². The van der Waals surface area contributed by atoms with Crippen molar-refractivity contribution in [3.63, 3.8) is 0 Å². The van der Waals surface area contributed by atoms with Gasteiger partial charge in [0.1, 0.15) is 11.6 Å². The van der Waals surface area contributed by atoms with Crippen molar-refractivity contribution < 1.29 is 0 Å². The summed E-state index contributed by atoms with van der Waals surface area (Å²) in [6.45, 7) is 5.02. The van der Waals surface area contributed by atoms with Gasteiger partial charge in [-0.1, -0.05) is 6.92 Å². The van der Waals surface area contributed by atoms with E-state index in [-0.39, 0.29) is 12.0 Å². The lowest BCUT2D eigenvalue weighted by Crippen LogP contribution is -2.11. The number of aromatic nitrogens is 3. The zero-order valence-corrected chi connectivity index (χ0v) is 11.8. The van der Waals surface area contributed by atoms with Gasteiger partial charge >= 0.3 is 0 Å². The highest BCUT2D eigenvalue weighted by Gasteiger charge is 2.08. The van der Waals surface area contributed by atoms with Gasteiger partial charge in [-0.2, -0.15) is 9.97 Å². The first-order valence-corrected chi connectivity index (χ1v) is 6.74. The maximum atomic E-state index is 5.73. The number of nitrogen functional groups attached to an aromatic ring is 1. The minimum Gasteiger partial charge on any atom is -0.370 e. The fraction of sp³-hybridized carbons (Fsp3) is 0.357. The second-order valence-electron chi connectivity index (χ2n) is 4.57. The van der Waals surface area contributed by atoms with Crippen molar-refractivity contribution in [2.45, 2.75) is 26.3 Å². The summed E-state index contributed by atoms with van der Waals surface area (Å²) in [4.78, 5) is 12.4. The van der Waals surface area contributed by atoms with Crippen molar-refractivity contribution in [1.82, 2.24) is 15.0 Å². The quantitative estimate of drug-likeness (QED) is 0.748. The number of nitrogens with one attached hydrogen (secondary N) is 2. The predicted octanol–water partition coefficient (Wildman–Crippen LogP) is 2.45. The minimum absolute atomic E-state index is 0.117. The number of rotatable bonds is 6. The summed E-state index contributed by atoms with van der Waals surface area (Å²) in [5.41, 5.74) is 6.87. The molecular weight excluding hydrogens is 252 g/mol. The Bertz CT molecular complexity index is 543. The lowest BCUT2D eigenvalue weighted by atomic mass is 10.1. The van der Waals surface area contributed by atoms with Crippen molar-refractivity contribution in [3.05, 3.63) is 36.2 Å². The summed E-state index contributed by atoms with van der Waals surface area (Å²) in [6, 6.07) is 5.92. The van der Waals surface area contributed by atoms with Crippen LogP contribution >= 0.6 is 0 Å². The van der Waals surface area contributed by atoms with Crippen LogP contribution in [0.4, 0.5) is 17.6 Å². The molecule has 2 aromatic heterocycles. The molecule has 0 amide bonds. The Morgan fingerprint density at radius 3 is 2.60 bits per heavy atom. The molecule has 2 aromatic rings. The monoisotopic (exact) mass is 272 g/mol. The van der Waals surface area contributed by atoms with E-state index in [1.54, 1.807) is 12.4 Å². The van der Waals surface area contributed by atoms with Gasteiger partial charge in [-0.3, -0.25) is 4.98 Å². The van der Waals surface area contributed by atoms with Gasteiger partial charge in [0, 0.05) is 25.0 Å². The van der Waals surface area contributed by atoms with Crippen molar-refractivity contribution in [1.29, 1.82) is 0 Å². The molecule has 0 aliphatic heterocycles. The molecule has 0 saturated carbocycles. The van der Waals surface area contributed by atoms with E-state index >= 15 is 0 Å². The molecule has 0 aliphatic rings. The summed E-state index contributed by atoms with van der Waals surface area (Å²) in [5, 5.41) is 6.52. The fourth-order valence-electron chi connectivity index (χ4n) is 1.84. The molecule has 6 nitrogen and oxygen atoms in total. The number of pyridine rings is 1. The van der Waals surface area contributed by atoms with Crippen LogP contribution in [0.3, 0.4) is 0 Å². The first-order valence-electron chi connectivity index (χ1n) is 6.74. The van der Waals surface area contributed by atoms with Crippen LogP contribution in [0.2, 0.25) is 0 Å². The zero-order chi connectivity index (χ0) is 14.4. The topological polar surface area (TPSA) is 88.8 Å². The van der Waals surface area contributed by atoms with E-state index in [9.17, 15) is 0 Å². The van der Waals surface area contributed by atoms with Gasteiger partial charge in [-0.05, 0) is 31.0 Å². The maximum absolute atomic E-state index is 5.73. The Kier molecular flexibility index (Phi) is 4.70. The highest BCUT2D eigenvalue weighted by molar-refractivity contribution is 5.51. The summed E-state index contributed by atoms with van der Waals surface area (Å²) in [6.07, 6.45) is 4.58. The predicted molar refractivity (Wildman–Crippen MR) is 81.5 cm³/mol. The first-order chi connectivity index (χ1) is 9.69. The molecule has 2 rings (SSSR count). The third-order valence-electron chi connectivity index (χ3n) is 2.87. The first kappa shape index (κ1) is 14.0. The van der Waals surface area contributed by atoms with Crippen LogP contribution in [0.1, 0.15) is 31.9 Å². The Balaban J connectivity index is 2.10. The van der Waals surface area contributed by atoms with Gasteiger partial charge in [0.25, 0.3) is 0 Å². The standard InChI is InChI=1S/C14H20N6/c1-3-6-17-12-9-13(20-14(15)19-12)18-10(2)11-4-7-16-8-5-11/h4-5,7-10H,3,6H2,1-2H3,(H4,15,17,18,19,20). The van der Waals surface area contributed by atoms with Crippen molar-refractivity contribution in [3.8, 4) is 0 Å². The van der Waals surface area contributed by atoms with Crippen LogP contribution in [-0.4, -0.2) is 21.5 Å². The molecule has 0 fully saturated rings. The summed E-state index contributed by atoms with van der Waals surface area (Å²) in [7, 11) is 0. The summed E-state index contributed by atoms with van der Waals surface area (Å²) in [5.74, 6) is 1.71. The molecule has 0 aromatic carbocycles. The summed E-state index contributed by atoms with van der Waals surface area (Å²) >= 11 is 0. The third-order valence-corrected chi connectivity index (χ3v) is 2.87. The smallest absolute Gasteiger partial charge is 0.223 e. The molecule has 20 heavy (non-hydrogen) atoms. The van der Waals surface area contributed by atoms with E-state index in [1.807, 2.05) is 18.2 Å². The Hall–Kier alpha value is -2.37. The van der Waals surface area contributed by atoms with Crippen molar-refractivity contribution in [2.75, 3.05) is 22.9 Å². The van der Waals surface area contributed by atoms with Crippen LogP contribution < -0.4 is 16.4 Å². The van der Waals surface area contributed by atoms with Gasteiger partial charge < -0.3 is 16.4 Å². The molecule has 0 radical (unpaired) electrons. The normalized spacial score (nSPS) is 11.9. The Morgan fingerprint density at radius 2 is 1.90 bits per heavy atom. The van der Waals surface area contributed by atoms with Gasteiger partial charge in [-0.15, -0.1) is 0 Å². The van der Waals surface area contributed by atoms with E-state index in [2.05, 4.69) is 39.4 Å². The molecule has 0 saturated heterocycles. The van der Waals surface area contributed by atoms with E-state index in [0.717, 1.165) is 24.3 Å². The van der Waals surface area contributed by atoms with Crippen molar-refractivity contribution in [2.24, 2.45) is 0 Å². The Morgan fingerprint density at radius 1 is 1.20 bits per heavy atom. The lowest BCUT2D eigenvalue weighted by molar-refractivity contribution is 0.869. The highest BCUT2D eigenvalue weighted by Crippen LogP contribution is 2.19. The van der Waals surface area contributed by atoms with Gasteiger partial charge in [0.15, 0.2) is 0 Å². The minimum atomic E-state index is 0.117. The molecule has 0 aliphatic carbocycles. The fourth-order valence-corrected chi connectivity index (χ4v) is 1.84. The van der Waals surface area contributed by atoms with Crippen LogP contribution in [0.5, 0.6) is 0 Å². The molecule has 106 valence electrons. The van der Waals surface area contributed by atoms with Crippen LogP contribution in [0, 0.1) is 0 Å². The molecule has 1 atom stereocenters. The number of hydrogen-bond donors (Lipinski definition) is 3. The highest BCUT2D eigenvalue weighted by atomic mass is 15.1. The second-order valence-corrected chi connectivity index (χ2v) is 4.57. The number of hydrogen-bond acceptors (Lipinski definition) is 6. The Labute approximate surface area is 118 Å². The molecule has 2 heterocycles. The van der Waals surface area contributed by atoms with Crippen molar-refractivity contribution >= 4 is 17.6 Å². The van der Waals surface area contributed by atoms with Crippen LogP contribution in [0.15, 0.2) is 30.6 Å². The average Bonchev–Trinajstić information content (AvgIpc) is 2.45. The molecule has 6 heteroatoms. The average molecular weight is 272 g/mol. The second kappa shape index (κ2) is 6.70. The third kappa shape index (κ3) is 3.81. The molecule has 4 N–H and O–H groups in total. The maximum Gasteiger partial charge on any atom is 0.223 e. The van der Waals surface area contributed by atoms with Gasteiger partial charge in [0.05, 0.1) is 6.04 Å². The van der Waals surface area contributed by atoms with Gasteiger partial charge in [0.2, 0.25) is 5.95 Å². The van der Waals surface area contributed by atoms with E-state index in [0.29, 0.717) is 5.82 Å². The van der Waals surface area contributed by atoms with Gasteiger partial charge in [-0.25, -0.2) is 0 Å². The molecule has 0 bridgehead atoms. The largest absolute Gasteiger partial charge is 0.370 e. The van der Waals surface area contributed by atoms with E-state index < -0.39 is 0 Å². The van der Waals surface area contributed by atoms with E-state index in [4.69, 9.17) is 5.73 Å². The summed E-state index contributed by atoms with van der Waals surface area (Å²) < 4.78 is 0. The molecular formula is C14H20N6. The molecule has 1 unspecified atom stereocenters.